The van der Waals surface area contributed by atoms with Crippen molar-refractivity contribution in [1.29, 1.82) is 0 Å². The Bertz CT molecular complexity index is 867. The maximum atomic E-state index is 13.1. The van der Waals surface area contributed by atoms with Crippen molar-refractivity contribution in [3.8, 4) is 0 Å². The number of nitrogens with one attached hydrogen (secondary N) is 1. The van der Waals surface area contributed by atoms with E-state index in [1.165, 1.54) is 0 Å². The molecule has 4 rings (SSSR count). The zero-order valence-electron chi connectivity index (χ0n) is 15.9. The van der Waals surface area contributed by atoms with Crippen LogP contribution in [0.25, 0.3) is 0 Å². The molecule has 2 heterocycles. The molecule has 2 atom stereocenters. The molecular formula is C22H24BrNO4. The number of ether oxygens (including phenoxy) is 2. The first kappa shape index (κ1) is 19.4. The molecule has 1 N–H and O–H groups in total. The molecule has 0 saturated carbocycles. The maximum absolute atomic E-state index is 13.1. The minimum atomic E-state index is -0.420. The lowest BCUT2D eigenvalue weighted by atomic mass is 9.75. The third kappa shape index (κ3) is 3.67. The average Bonchev–Trinajstić information content (AvgIpc) is 3.19. The number of halogens is 1. The van der Waals surface area contributed by atoms with Gasteiger partial charge < -0.3 is 14.8 Å². The Morgan fingerprint density at radius 2 is 2.11 bits per heavy atom. The van der Waals surface area contributed by atoms with Crippen molar-refractivity contribution in [3.05, 3.63) is 56.8 Å². The molecule has 5 nitrogen and oxygen atoms in total. The molecule has 1 aromatic rings. The van der Waals surface area contributed by atoms with E-state index in [1.54, 1.807) is 0 Å². The second kappa shape index (κ2) is 8.21. The number of ketones is 1. The topological polar surface area (TPSA) is 64.6 Å². The van der Waals surface area contributed by atoms with Gasteiger partial charge in [-0.2, -0.15) is 0 Å². The van der Waals surface area contributed by atoms with Crippen LogP contribution in [0, 0.1) is 0 Å². The average molecular weight is 446 g/mol. The van der Waals surface area contributed by atoms with Crippen molar-refractivity contribution < 1.29 is 19.1 Å². The summed E-state index contributed by atoms with van der Waals surface area (Å²) < 4.78 is 12.1. The molecule has 0 radical (unpaired) electrons. The van der Waals surface area contributed by atoms with Gasteiger partial charge in [0.15, 0.2) is 5.78 Å². The zero-order chi connectivity index (χ0) is 19.7. The van der Waals surface area contributed by atoms with E-state index < -0.39 is 5.92 Å². The largest absolute Gasteiger partial charge is 0.459 e. The van der Waals surface area contributed by atoms with E-state index in [9.17, 15) is 9.59 Å². The zero-order valence-corrected chi connectivity index (χ0v) is 17.5. The van der Waals surface area contributed by atoms with E-state index in [-0.39, 0.29) is 24.5 Å². The number of allylic oxidation sites excluding steroid dienone is 3. The highest BCUT2D eigenvalue weighted by atomic mass is 79.9. The molecule has 1 fully saturated rings. The third-order valence-corrected chi connectivity index (χ3v) is 6.36. The summed E-state index contributed by atoms with van der Waals surface area (Å²) in [5.74, 6) is -0.700. The Morgan fingerprint density at radius 3 is 2.86 bits per heavy atom. The van der Waals surface area contributed by atoms with Gasteiger partial charge >= 0.3 is 5.97 Å². The van der Waals surface area contributed by atoms with E-state index in [1.807, 2.05) is 31.2 Å². The first-order valence-electron chi connectivity index (χ1n) is 9.83. The number of carbonyl (C=O) groups is 2. The fraction of sp³-hybridized carbons (Fsp3) is 0.455. The molecule has 1 saturated heterocycles. The minimum absolute atomic E-state index is 0.0330. The van der Waals surface area contributed by atoms with Crippen LogP contribution >= 0.6 is 15.9 Å². The number of hydrogen-bond donors (Lipinski definition) is 1. The Labute approximate surface area is 173 Å². The molecule has 0 spiro atoms. The normalized spacial score (nSPS) is 24.9. The second-order valence-electron chi connectivity index (χ2n) is 7.52. The Morgan fingerprint density at radius 1 is 1.29 bits per heavy atom. The Hall–Kier alpha value is -1.92. The van der Waals surface area contributed by atoms with E-state index in [4.69, 9.17) is 9.47 Å². The van der Waals surface area contributed by atoms with Gasteiger partial charge in [-0.05, 0) is 44.2 Å². The monoisotopic (exact) mass is 445 g/mol. The molecule has 0 amide bonds. The van der Waals surface area contributed by atoms with Crippen molar-refractivity contribution in [2.24, 2.45) is 0 Å². The van der Waals surface area contributed by atoms with Crippen LogP contribution in [0.15, 0.2) is 51.3 Å². The number of benzene rings is 1. The van der Waals surface area contributed by atoms with Gasteiger partial charge in [0, 0.05) is 40.4 Å². The fourth-order valence-electron chi connectivity index (χ4n) is 4.30. The number of esters is 1. The third-order valence-electron chi connectivity index (χ3n) is 5.64. The van der Waals surface area contributed by atoms with Crippen LogP contribution in [0.1, 0.15) is 50.5 Å². The van der Waals surface area contributed by atoms with Crippen LogP contribution in [0.2, 0.25) is 0 Å². The Kier molecular flexibility index (Phi) is 5.69. The molecule has 6 heteroatoms. The molecule has 0 aromatic heterocycles. The predicted molar refractivity (Wildman–Crippen MR) is 109 cm³/mol. The highest BCUT2D eigenvalue weighted by molar-refractivity contribution is 9.10. The predicted octanol–water partition coefficient (Wildman–Crippen LogP) is 4.14. The lowest BCUT2D eigenvalue weighted by Gasteiger charge is -2.34. The van der Waals surface area contributed by atoms with Gasteiger partial charge in [0.2, 0.25) is 0 Å². The first-order valence-corrected chi connectivity index (χ1v) is 10.6. The quantitative estimate of drug-likeness (QED) is 0.705. The summed E-state index contributed by atoms with van der Waals surface area (Å²) in [5, 5.41) is 3.32. The lowest BCUT2D eigenvalue weighted by molar-refractivity contribution is -0.142. The van der Waals surface area contributed by atoms with Crippen LogP contribution < -0.4 is 5.32 Å². The summed E-state index contributed by atoms with van der Waals surface area (Å²) in [7, 11) is 0. The SMILES string of the molecule is CC1=C(C(=O)OC[C@@H]2CCCO2)[C@H](c2ccccc2Br)C2=C(CCCC2=O)N1. The Balaban J connectivity index is 1.71. The van der Waals surface area contributed by atoms with Crippen molar-refractivity contribution in [1.82, 2.24) is 5.32 Å². The summed E-state index contributed by atoms with van der Waals surface area (Å²) >= 11 is 3.61. The van der Waals surface area contributed by atoms with E-state index in [0.29, 0.717) is 17.6 Å². The van der Waals surface area contributed by atoms with Crippen molar-refractivity contribution >= 4 is 27.7 Å². The standard InChI is InChI=1S/C22H24BrNO4/c1-13-19(22(26)28-12-14-6-5-11-27-14)20(15-7-2-3-8-16(15)23)21-17(24-13)9-4-10-18(21)25/h2-3,7-8,14,20,24H,4-6,9-12H2,1H3/t14-,20-/m0/s1. The number of hydrogen-bond acceptors (Lipinski definition) is 5. The molecule has 148 valence electrons. The molecular weight excluding hydrogens is 422 g/mol. The maximum Gasteiger partial charge on any atom is 0.336 e. The number of Topliss-reactive ketones (excluding diaryl/α,β-unsaturated/α-hetero) is 1. The van der Waals surface area contributed by atoms with Gasteiger partial charge in [-0.1, -0.05) is 34.1 Å². The molecule has 28 heavy (non-hydrogen) atoms. The van der Waals surface area contributed by atoms with Crippen LogP contribution in [-0.2, 0) is 19.1 Å². The summed E-state index contributed by atoms with van der Waals surface area (Å²) in [5.41, 5.74) is 3.82. The first-order chi connectivity index (χ1) is 13.6. The van der Waals surface area contributed by atoms with Crippen LogP contribution in [-0.4, -0.2) is 31.1 Å². The fourth-order valence-corrected chi connectivity index (χ4v) is 4.81. The summed E-state index contributed by atoms with van der Waals surface area (Å²) in [4.78, 5) is 26.0. The smallest absolute Gasteiger partial charge is 0.336 e. The minimum Gasteiger partial charge on any atom is -0.459 e. The van der Waals surface area contributed by atoms with Gasteiger partial charge in [0.25, 0.3) is 0 Å². The lowest BCUT2D eigenvalue weighted by Crippen LogP contribution is -2.35. The molecule has 0 bridgehead atoms. The van der Waals surface area contributed by atoms with Gasteiger partial charge in [-0.25, -0.2) is 4.79 Å². The molecule has 2 aliphatic heterocycles. The molecule has 1 aliphatic carbocycles. The van der Waals surface area contributed by atoms with Gasteiger partial charge in [-0.15, -0.1) is 0 Å². The highest BCUT2D eigenvalue weighted by Crippen LogP contribution is 2.44. The van der Waals surface area contributed by atoms with Gasteiger partial charge in [-0.3, -0.25) is 4.79 Å². The van der Waals surface area contributed by atoms with Crippen molar-refractivity contribution in [3.63, 3.8) is 0 Å². The molecule has 1 aromatic carbocycles. The number of carbonyl (C=O) groups excluding carboxylic acids is 2. The summed E-state index contributed by atoms with van der Waals surface area (Å²) in [6.07, 6.45) is 4.03. The summed E-state index contributed by atoms with van der Waals surface area (Å²) in [6.45, 7) is 2.85. The van der Waals surface area contributed by atoms with Crippen LogP contribution in [0.5, 0.6) is 0 Å². The second-order valence-corrected chi connectivity index (χ2v) is 8.37. The van der Waals surface area contributed by atoms with E-state index in [2.05, 4.69) is 21.2 Å². The number of dihydropyridines is 1. The van der Waals surface area contributed by atoms with E-state index in [0.717, 1.165) is 53.7 Å². The number of rotatable bonds is 4. The summed E-state index contributed by atoms with van der Waals surface area (Å²) in [6, 6.07) is 7.77. The van der Waals surface area contributed by atoms with Gasteiger partial charge in [0.05, 0.1) is 11.7 Å². The van der Waals surface area contributed by atoms with Crippen molar-refractivity contribution in [2.45, 2.75) is 51.0 Å². The highest BCUT2D eigenvalue weighted by Gasteiger charge is 2.40. The van der Waals surface area contributed by atoms with Crippen molar-refractivity contribution in [2.75, 3.05) is 13.2 Å². The van der Waals surface area contributed by atoms with E-state index >= 15 is 0 Å². The van der Waals surface area contributed by atoms with Crippen LogP contribution in [0.3, 0.4) is 0 Å². The molecule has 0 unspecified atom stereocenters. The molecule has 3 aliphatic rings. The van der Waals surface area contributed by atoms with Crippen LogP contribution in [0.4, 0.5) is 0 Å². The van der Waals surface area contributed by atoms with Gasteiger partial charge in [0.1, 0.15) is 6.61 Å².